The van der Waals surface area contributed by atoms with Crippen LogP contribution >= 0.6 is 0 Å². The molecule has 1 aromatic rings. The lowest BCUT2D eigenvalue weighted by Gasteiger charge is -2.30. The van der Waals surface area contributed by atoms with Gasteiger partial charge in [-0.15, -0.1) is 0 Å². The largest absolute Gasteiger partial charge is 0.396 e. The first-order chi connectivity index (χ1) is 14.0. The highest BCUT2D eigenvalue weighted by atomic mass is 16.5. The lowest BCUT2D eigenvalue weighted by molar-refractivity contribution is -0.138. The van der Waals surface area contributed by atoms with Gasteiger partial charge in [-0.1, -0.05) is 6.07 Å². The molecule has 0 radical (unpaired) electrons. The molecule has 3 fully saturated rings. The van der Waals surface area contributed by atoms with Crippen LogP contribution in [0, 0.1) is 17.3 Å². The number of carbonyl (C=O) groups is 2. The number of rotatable bonds is 5. The number of amides is 2. The molecule has 0 bridgehead atoms. The number of nitrogens with zero attached hydrogens (tertiary/aromatic N) is 3. The Hall–Kier alpha value is -2.19. The van der Waals surface area contributed by atoms with E-state index in [0.717, 1.165) is 12.8 Å². The van der Waals surface area contributed by atoms with Gasteiger partial charge in [0.15, 0.2) is 0 Å². The van der Waals surface area contributed by atoms with E-state index in [1.165, 1.54) is 10.6 Å². The Morgan fingerprint density at radius 3 is 2.55 bits per heavy atom. The second-order valence-electron chi connectivity index (χ2n) is 8.58. The van der Waals surface area contributed by atoms with E-state index in [0.29, 0.717) is 45.9 Å². The van der Waals surface area contributed by atoms with Crippen molar-refractivity contribution in [2.24, 2.45) is 17.3 Å². The number of carbonyl (C=O) groups excluding carboxylic acids is 2. The number of hydrogen-bond donors (Lipinski definition) is 1. The highest BCUT2D eigenvalue weighted by Crippen LogP contribution is 2.43. The standard InChI is InChI=1S/C21H29N3O5/c25-15-21-13-23(19(27)4-8-22-7-2-1-3-18(22)26)11-17(21)12-24(14-21)20(28)16-5-9-29-10-6-16/h1-3,7,16-17,25H,4-6,8-15H2/t17-,21+/m0/s1. The highest BCUT2D eigenvalue weighted by Gasteiger charge is 2.54. The van der Waals surface area contributed by atoms with Crippen LogP contribution in [0.4, 0.5) is 0 Å². The van der Waals surface area contributed by atoms with E-state index < -0.39 is 5.41 Å². The minimum Gasteiger partial charge on any atom is -0.396 e. The Kier molecular flexibility index (Phi) is 5.74. The van der Waals surface area contributed by atoms with Crippen LogP contribution < -0.4 is 5.56 Å². The van der Waals surface area contributed by atoms with Gasteiger partial charge in [0.25, 0.3) is 5.56 Å². The molecule has 8 heteroatoms. The second kappa shape index (κ2) is 8.28. The molecule has 3 saturated heterocycles. The van der Waals surface area contributed by atoms with Gasteiger partial charge in [0, 0.05) is 81.9 Å². The molecule has 1 aromatic heterocycles. The van der Waals surface area contributed by atoms with Crippen molar-refractivity contribution in [3.63, 3.8) is 0 Å². The summed E-state index contributed by atoms with van der Waals surface area (Å²) in [7, 11) is 0. The van der Waals surface area contributed by atoms with Crippen LogP contribution in [-0.2, 0) is 20.9 Å². The first-order valence-electron chi connectivity index (χ1n) is 10.4. The van der Waals surface area contributed by atoms with Crippen molar-refractivity contribution in [2.45, 2.75) is 25.8 Å². The van der Waals surface area contributed by atoms with Crippen LogP contribution in [0.25, 0.3) is 0 Å². The van der Waals surface area contributed by atoms with Gasteiger partial charge in [-0.2, -0.15) is 0 Å². The molecule has 0 spiro atoms. The number of hydrogen-bond acceptors (Lipinski definition) is 5. The predicted octanol–water partition coefficient (Wildman–Crippen LogP) is -0.0557. The summed E-state index contributed by atoms with van der Waals surface area (Å²) in [6, 6.07) is 4.94. The monoisotopic (exact) mass is 403 g/mol. The summed E-state index contributed by atoms with van der Waals surface area (Å²) in [5.74, 6) is 0.266. The molecule has 4 heterocycles. The second-order valence-corrected chi connectivity index (χ2v) is 8.58. The van der Waals surface area contributed by atoms with Gasteiger partial charge in [0.05, 0.1) is 6.61 Å². The summed E-state index contributed by atoms with van der Waals surface area (Å²) in [4.78, 5) is 41.1. The fraction of sp³-hybridized carbons (Fsp3) is 0.667. The van der Waals surface area contributed by atoms with Crippen molar-refractivity contribution >= 4 is 11.8 Å². The molecule has 1 N–H and O–H groups in total. The minimum absolute atomic E-state index is 0.00900. The Morgan fingerprint density at radius 1 is 1.14 bits per heavy atom. The van der Waals surface area contributed by atoms with E-state index in [-0.39, 0.29) is 42.2 Å². The molecule has 0 saturated carbocycles. The van der Waals surface area contributed by atoms with Gasteiger partial charge in [-0.05, 0) is 18.9 Å². The molecule has 2 amide bonds. The molecule has 0 unspecified atom stereocenters. The Bertz CT molecular complexity index is 819. The Labute approximate surface area is 170 Å². The van der Waals surface area contributed by atoms with Crippen LogP contribution in [0.2, 0.25) is 0 Å². The molecule has 3 aliphatic heterocycles. The number of ether oxygens (including phenoxy) is 1. The van der Waals surface area contributed by atoms with Gasteiger partial charge in [-0.3, -0.25) is 14.4 Å². The maximum Gasteiger partial charge on any atom is 0.250 e. The molecule has 2 atom stereocenters. The number of likely N-dealkylation sites (tertiary alicyclic amines) is 2. The Morgan fingerprint density at radius 2 is 1.86 bits per heavy atom. The van der Waals surface area contributed by atoms with Crippen molar-refractivity contribution < 1.29 is 19.4 Å². The highest BCUT2D eigenvalue weighted by molar-refractivity contribution is 5.80. The maximum atomic E-state index is 12.9. The van der Waals surface area contributed by atoms with Crippen LogP contribution in [0.1, 0.15) is 19.3 Å². The van der Waals surface area contributed by atoms with E-state index >= 15 is 0 Å². The van der Waals surface area contributed by atoms with Crippen molar-refractivity contribution in [3.8, 4) is 0 Å². The van der Waals surface area contributed by atoms with Crippen molar-refractivity contribution in [1.82, 2.24) is 14.4 Å². The van der Waals surface area contributed by atoms with E-state index in [1.807, 2.05) is 4.90 Å². The van der Waals surface area contributed by atoms with Gasteiger partial charge in [0.1, 0.15) is 0 Å². The zero-order valence-corrected chi connectivity index (χ0v) is 16.7. The number of aliphatic hydroxyl groups excluding tert-OH is 1. The number of pyridine rings is 1. The lowest BCUT2D eigenvalue weighted by atomic mass is 9.82. The van der Waals surface area contributed by atoms with E-state index in [9.17, 15) is 19.5 Å². The fourth-order valence-corrected chi connectivity index (χ4v) is 4.98. The predicted molar refractivity (Wildman–Crippen MR) is 105 cm³/mol. The topological polar surface area (TPSA) is 92.1 Å². The van der Waals surface area contributed by atoms with Gasteiger partial charge in [-0.25, -0.2) is 0 Å². The van der Waals surface area contributed by atoms with Crippen LogP contribution in [0.15, 0.2) is 29.2 Å². The molecule has 29 heavy (non-hydrogen) atoms. The number of aromatic nitrogens is 1. The van der Waals surface area contributed by atoms with Gasteiger partial charge in [0.2, 0.25) is 11.8 Å². The van der Waals surface area contributed by atoms with Crippen LogP contribution in [-0.4, -0.2) is 77.3 Å². The van der Waals surface area contributed by atoms with E-state index in [2.05, 4.69) is 0 Å². The molecular formula is C21H29N3O5. The molecular weight excluding hydrogens is 374 g/mol. The summed E-state index contributed by atoms with van der Waals surface area (Å²) >= 11 is 0. The fourth-order valence-electron chi connectivity index (χ4n) is 4.98. The zero-order chi connectivity index (χ0) is 20.4. The normalized spacial score (nSPS) is 27.3. The number of fused-ring (bicyclic) bond motifs is 1. The quantitative estimate of drug-likeness (QED) is 0.744. The van der Waals surface area contributed by atoms with Crippen molar-refractivity contribution in [2.75, 3.05) is 46.0 Å². The van der Waals surface area contributed by atoms with Crippen LogP contribution in [0.3, 0.4) is 0 Å². The summed E-state index contributed by atoms with van der Waals surface area (Å²) < 4.78 is 6.89. The van der Waals surface area contributed by atoms with Gasteiger partial charge < -0.3 is 24.2 Å². The average Bonchev–Trinajstić information content (AvgIpc) is 3.28. The van der Waals surface area contributed by atoms with Crippen molar-refractivity contribution in [3.05, 3.63) is 34.7 Å². The number of aliphatic hydroxyl groups is 1. The average molecular weight is 403 g/mol. The summed E-state index contributed by atoms with van der Waals surface area (Å²) in [6.07, 6.45) is 3.46. The lowest BCUT2D eigenvalue weighted by Crippen LogP contribution is -2.43. The minimum atomic E-state index is -0.430. The Balaban J connectivity index is 1.35. The summed E-state index contributed by atoms with van der Waals surface area (Å²) in [5.41, 5.74) is -0.548. The SMILES string of the molecule is O=C(CCn1ccccc1=O)N1C[C@H]2CN(C(=O)C3CCOCC3)C[C@@]2(CO)C1. The molecule has 158 valence electrons. The smallest absolute Gasteiger partial charge is 0.250 e. The molecule has 0 aliphatic carbocycles. The molecule has 8 nitrogen and oxygen atoms in total. The zero-order valence-electron chi connectivity index (χ0n) is 16.7. The summed E-state index contributed by atoms with van der Waals surface area (Å²) in [6.45, 7) is 3.70. The number of aryl methyl sites for hydroxylation is 1. The van der Waals surface area contributed by atoms with E-state index in [1.54, 1.807) is 23.2 Å². The van der Waals surface area contributed by atoms with Crippen molar-refractivity contribution in [1.29, 1.82) is 0 Å². The molecule has 0 aromatic carbocycles. The molecule has 3 aliphatic rings. The van der Waals surface area contributed by atoms with Crippen LogP contribution in [0.5, 0.6) is 0 Å². The first-order valence-corrected chi connectivity index (χ1v) is 10.4. The third-order valence-electron chi connectivity index (χ3n) is 6.77. The third kappa shape index (κ3) is 3.96. The maximum absolute atomic E-state index is 12.9. The first kappa shape index (κ1) is 20.1. The van der Waals surface area contributed by atoms with E-state index in [4.69, 9.17) is 4.74 Å². The third-order valence-corrected chi connectivity index (χ3v) is 6.77. The van der Waals surface area contributed by atoms with Gasteiger partial charge >= 0.3 is 0 Å². The molecule has 4 rings (SSSR count). The summed E-state index contributed by atoms with van der Waals surface area (Å²) in [5, 5.41) is 10.1.